The number of aryl methyl sites for hydroxylation is 1. The molecule has 0 spiro atoms. The molecule has 5 nitrogen and oxygen atoms in total. The van der Waals surface area contributed by atoms with Crippen molar-refractivity contribution in [2.24, 2.45) is 0 Å². The first-order valence-corrected chi connectivity index (χ1v) is 10.7. The van der Waals surface area contributed by atoms with Gasteiger partial charge in [0, 0.05) is 50.3 Å². The van der Waals surface area contributed by atoms with Crippen LogP contribution in [0, 0.1) is 0 Å². The second kappa shape index (κ2) is 8.19. The highest BCUT2D eigenvalue weighted by Gasteiger charge is 2.24. The third-order valence-corrected chi connectivity index (χ3v) is 6.09. The summed E-state index contributed by atoms with van der Waals surface area (Å²) in [5.41, 5.74) is 5.24. The number of piperazine rings is 1. The van der Waals surface area contributed by atoms with Gasteiger partial charge in [-0.2, -0.15) is 0 Å². The number of amides is 1. The van der Waals surface area contributed by atoms with Gasteiger partial charge in [0.1, 0.15) is 0 Å². The smallest absolute Gasteiger partial charge is 0.259 e. The van der Waals surface area contributed by atoms with E-state index in [4.69, 9.17) is 0 Å². The minimum atomic E-state index is 0.0411. The van der Waals surface area contributed by atoms with E-state index in [-0.39, 0.29) is 5.91 Å². The molecule has 2 aliphatic rings. The van der Waals surface area contributed by atoms with Crippen molar-refractivity contribution < 1.29 is 4.79 Å². The summed E-state index contributed by atoms with van der Waals surface area (Å²) in [6.45, 7) is 4.51. The van der Waals surface area contributed by atoms with Crippen LogP contribution in [0.2, 0.25) is 0 Å². The summed E-state index contributed by atoms with van der Waals surface area (Å²) in [4.78, 5) is 24.3. The molecule has 30 heavy (non-hydrogen) atoms. The normalized spacial score (nSPS) is 16.3. The number of hydrogen-bond acceptors (Lipinski definition) is 4. The zero-order chi connectivity index (χ0) is 20.3. The Morgan fingerprint density at radius 1 is 0.767 bits per heavy atom. The van der Waals surface area contributed by atoms with E-state index >= 15 is 0 Å². The van der Waals surface area contributed by atoms with Crippen LogP contribution in [0.5, 0.6) is 0 Å². The summed E-state index contributed by atoms with van der Waals surface area (Å²) in [6.07, 6.45) is 5.60. The van der Waals surface area contributed by atoms with E-state index in [1.807, 2.05) is 35.4 Å². The Kier molecular flexibility index (Phi) is 5.10. The van der Waals surface area contributed by atoms with Crippen LogP contribution < -0.4 is 14.7 Å². The number of pyridine rings is 1. The van der Waals surface area contributed by atoms with Crippen molar-refractivity contribution in [3.05, 3.63) is 84.2 Å². The molecule has 1 fully saturated rings. The molecule has 0 radical (unpaired) electrons. The number of nitrogens with zero attached hydrogens (tertiary/aromatic N) is 4. The largest absolute Gasteiger partial charge is 0.368 e. The van der Waals surface area contributed by atoms with Crippen LogP contribution in [0.1, 0.15) is 22.3 Å². The molecule has 0 atom stereocenters. The molecule has 5 rings (SSSR count). The van der Waals surface area contributed by atoms with Crippen LogP contribution in [0.4, 0.5) is 17.1 Å². The van der Waals surface area contributed by atoms with Crippen LogP contribution in [-0.4, -0.2) is 43.6 Å². The van der Waals surface area contributed by atoms with E-state index < -0.39 is 0 Å². The van der Waals surface area contributed by atoms with Gasteiger partial charge in [-0.15, -0.1) is 0 Å². The lowest BCUT2D eigenvalue weighted by molar-refractivity contribution is 0.0985. The number of carbonyl (C=O) groups excluding carboxylic acids is 1. The van der Waals surface area contributed by atoms with Crippen molar-refractivity contribution in [1.82, 2.24) is 4.98 Å². The Hall–Kier alpha value is -3.34. The zero-order valence-corrected chi connectivity index (χ0v) is 17.1. The molecule has 2 aliphatic heterocycles. The van der Waals surface area contributed by atoms with Crippen molar-refractivity contribution >= 4 is 23.0 Å². The van der Waals surface area contributed by atoms with Crippen LogP contribution in [-0.2, 0) is 6.42 Å². The number of benzene rings is 2. The fraction of sp³-hybridized carbons (Fsp3) is 0.280. The topological polar surface area (TPSA) is 39.7 Å². The molecule has 0 aliphatic carbocycles. The lowest BCUT2D eigenvalue weighted by Crippen LogP contribution is -2.46. The number of fused-ring (bicyclic) bond motifs is 1. The number of para-hydroxylation sites is 2. The zero-order valence-electron chi connectivity index (χ0n) is 17.1. The fourth-order valence-electron chi connectivity index (χ4n) is 4.48. The second-order valence-electron chi connectivity index (χ2n) is 7.93. The quantitative estimate of drug-likeness (QED) is 0.669. The van der Waals surface area contributed by atoms with E-state index in [1.165, 1.54) is 11.3 Å². The summed E-state index contributed by atoms with van der Waals surface area (Å²) in [5, 5.41) is 0. The number of aromatic nitrogens is 1. The highest BCUT2D eigenvalue weighted by molar-refractivity contribution is 6.07. The first-order valence-electron chi connectivity index (χ1n) is 10.7. The van der Waals surface area contributed by atoms with Crippen LogP contribution >= 0.6 is 0 Å². The van der Waals surface area contributed by atoms with E-state index in [0.717, 1.165) is 56.9 Å². The fourth-order valence-corrected chi connectivity index (χ4v) is 4.48. The highest BCUT2D eigenvalue weighted by atomic mass is 16.2. The molecule has 3 heterocycles. The summed E-state index contributed by atoms with van der Waals surface area (Å²) >= 11 is 0. The lowest BCUT2D eigenvalue weighted by Gasteiger charge is -2.37. The average molecular weight is 399 g/mol. The number of anilines is 3. The molecule has 1 aromatic heterocycles. The predicted molar refractivity (Wildman–Crippen MR) is 122 cm³/mol. The first-order chi connectivity index (χ1) is 14.8. The van der Waals surface area contributed by atoms with Gasteiger partial charge in [-0.05, 0) is 42.7 Å². The van der Waals surface area contributed by atoms with Gasteiger partial charge < -0.3 is 14.7 Å². The molecule has 0 N–H and O–H groups in total. The van der Waals surface area contributed by atoms with E-state index in [0.29, 0.717) is 5.56 Å². The Morgan fingerprint density at radius 3 is 2.27 bits per heavy atom. The number of hydrogen-bond donors (Lipinski definition) is 0. The summed E-state index contributed by atoms with van der Waals surface area (Å²) < 4.78 is 0. The van der Waals surface area contributed by atoms with Gasteiger partial charge in [-0.3, -0.25) is 9.78 Å². The molecule has 3 aromatic rings. The van der Waals surface area contributed by atoms with Crippen molar-refractivity contribution in [1.29, 1.82) is 0 Å². The summed E-state index contributed by atoms with van der Waals surface area (Å²) in [5.74, 6) is 0.0411. The van der Waals surface area contributed by atoms with Crippen molar-refractivity contribution in [2.45, 2.75) is 12.8 Å². The maximum Gasteiger partial charge on any atom is 0.259 e. The van der Waals surface area contributed by atoms with Crippen molar-refractivity contribution in [3.8, 4) is 0 Å². The molecule has 1 saturated heterocycles. The summed E-state index contributed by atoms with van der Waals surface area (Å²) in [7, 11) is 0. The first kappa shape index (κ1) is 18.7. The van der Waals surface area contributed by atoms with Crippen LogP contribution in [0.15, 0.2) is 73.1 Å². The van der Waals surface area contributed by atoms with Gasteiger partial charge in [0.15, 0.2) is 0 Å². The average Bonchev–Trinajstić information content (AvgIpc) is 2.84. The van der Waals surface area contributed by atoms with Gasteiger partial charge in [-0.25, -0.2) is 0 Å². The van der Waals surface area contributed by atoms with Gasteiger partial charge in [0.25, 0.3) is 5.91 Å². The second-order valence-corrected chi connectivity index (χ2v) is 7.93. The molecule has 5 heteroatoms. The third kappa shape index (κ3) is 3.63. The molecule has 0 bridgehead atoms. The van der Waals surface area contributed by atoms with Crippen molar-refractivity contribution in [3.63, 3.8) is 0 Å². The molecule has 0 unspecified atom stereocenters. The van der Waals surface area contributed by atoms with Gasteiger partial charge in [0.2, 0.25) is 0 Å². The van der Waals surface area contributed by atoms with E-state index in [9.17, 15) is 4.79 Å². The van der Waals surface area contributed by atoms with Gasteiger partial charge in [0.05, 0.1) is 17.4 Å². The predicted octanol–water partition coefficient (Wildman–Crippen LogP) is 4.00. The third-order valence-electron chi connectivity index (χ3n) is 6.09. The lowest BCUT2D eigenvalue weighted by atomic mass is 10.0. The SMILES string of the molecule is O=C(c1cncc(N2CCN(c3ccccc3)CC2)c1)N1CCCc2ccccc21. The molecular weight excluding hydrogens is 372 g/mol. The Morgan fingerprint density at radius 2 is 1.47 bits per heavy atom. The number of carbonyl (C=O) groups is 1. The van der Waals surface area contributed by atoms with Crippen LogP contribution in [0.3, 0.4) is 0 Å². The highest BCUT2D eigenvalue weighted by Crippen LogP contribution is 2.29. The maximum atomic E-state index is 13.3. The minimum Gasteiger partial charge on any atom is -0.368 e. The Balaban J connectivity index is 1.31. The number of rotatable bonds is 3. The maximum absolute atomic E-state index is 13.3. The van der Waals surface area contributed by atoms with Gasteiger partial charge >= 0.3 is 0 Å². The molecular formula is C25H26N4O. The van der Waals surface area contributed by atoms with Crippen molar-refractivity contribution in [2.75, 3.05) is 47.4 Å². The molecule has 0 saturated carbocycles. The molecule has 152 valence electrons. The van der Waals surface area contributed by atoms with E-state index in [1.54, 1.807) is 6.20 Å². The molecule has 1 amide bonds. The monoisotopic (exact) mass is 398 g/mol. The molecule has 2 aromatic carbocycles. The van der Waals surface area contributed by atoms with E-state index in [2.05, 4.69) is 51.2 Å². The summed E-state index contributed by atoms with van der Waals surface area (Å²) in [6, 6.07) is 20.8. The standard InChI is InChI=1S/C25H26N4O/c30-25(29-12-6-8-20-7-4-5-11-24(20)29)21-17-23(19-26-18-21)28-15-13-27(14-16-28)22-9-2-1-3-10-22/h1-5,7,9-11,17-19H,6,8,12-16H2. The Bertz CT molecular complexity index is 1030. The van der Waals surface area contributed by atoms with Gasteiger partial charge in [-0.1, -0.05) is 36.4 Å². The van der Waals surface area contributed by atoms with Crippen LogP contribution in [0.25, 0.3) is 0 Å². The minimum absolute atomic E-state index is 0.0411. The Labute approximate surface area is 177 Å².